The van der Waals surface area contributed by atoms with Gasteiger partial charge in [0.1, 0.15) is 0 Å². The van der Waals surface area contributed by atoms with Crippen LogP contribution >= 0.6 is 15.9 Å². The summed E-state index contributed by atoms with van der Waals surface area (Å²) in [6.45, 7) is 0. The van der Waals surface area contributed by atoms with Crippen molar-refractivity contribution in [2.75, 3.05) is 0 Å². The molecule has 2 aromatic rings. The highest BCUT2D eigenvalue weighted by Gasteiger charge is 2.19. The molecule has 0 aromatic heterocycles. The van der Waals surface area contributed by atoms with E-state index < -0.39 is 28.8 Å². The largest absolute Gasteiger partial charge is 0.204 e. The zero-order valence-corrected chi connectivity index (χ0v) is 10.6. The fourth-order valence-corrected chi connectivity index (χ4v) is 2.04. The molecule has 0 saturated carbocycles. The topological polar surface area (TPSA) is 0 Å². The molecular weight excluding hydrogens is 312 g/mol. The summed E-state index contributed by atoms with van der Waals surface area (Å²) in [7, 11) is 0. The highest BCUT2D eigenvalue weighted by atomic mass is 79.9. The van der Waals surface area contributed by atoms with E-state index in [1.807, 2.05) is 0 Å². The van der Waals surface area contributed by atoms with Crippen LogP contribution in [0.15, 0.2) is 34.8 Å². The molecule has 5 heteroatoms. The molecule has 0 fully saturated rings. The Morgan fingerprint density at radius 2 is 1.44 bits per heavy atom. The lowest BCUT2D eigenvalue weighted by atomic mass is 10.0. The second-order valence-electron chi connectivity index (χ2n) is 3.71. The van der Waals surface area contributed by atoms with Gasteiger partial charge < -0.3 is 0 Å². The summed E-state index contributed by atoms with van der Waals surface area (Å²) < 4.78 is 53.6. The van der Waals surface area contributed by atoms with Gasteiger partial charge in [-0.15, -0.1) is 0 Å². The van der Waals surface area contributed by atoms with Crippen LogP contribution in [0.4, 0.5) is 17.6 Å². The van der Waals surface area contributed by atoms with E-state index in [-0.39, 0.29) is 12.5 Å². The van der Waals surface area contributed by atoms with Crippen molar-refractivity contribution in [3.05, 3.63) is 69.2 Å². The Morgan fingerprint density at radius 3 is 2.00 bits per heavy atom. The maximum absolute atomic E-state index is 13.5. The van der Waals surface area contributed by atoms with Gasteiger partial charge in [-0.3, -0.25) is 0 Å². The van der Waals surface area contributed by atoms with Crippen LogP contribution in [0.2, 0.25) is 0 Å². The molecule has 0 unspecified atom stereocenters. The summed E-state index contributed by atoms with van der Waals surface area (Å²) in [5.74, 6) is -5.50. The van der Waals surface area contributed by atoms with E-state index in [0.717, 1.165) is 0 Å². The van der Waals surface area contributed by atoms with Crippen LogP contribution in [0.1, 0.15) is 11.1 Å². The molecule has 94 valence electrons. The first-order valence-corrected chi connectivity index (χ1v) is 5.85. The normalized spacial score (nSPS) is 10.7. The summed E-state index contributed by atoms with van der Waals surface area (Å²) in [6, 6.07) is 6.90. The smallest absolute Gasteiger partial charge is 0.165 e. The highest BCUT2D eigenvalue weighted by Crippen LogP contribution is 2.25. The van der Waals surface area contributed by atoms with E-state index in [2.05, 4.69) is 15.9 Å². The Bertz CT molecular complexity index is 570. The predicted molar refractivity (Wildman–Crippen MR) is 63.2 cm³/mol. The summed E-state index contributed by atoms with van der Waals surface area (Å²) in [5, 5.41) is 0. The lowest BCUT2D eigenvalue weighted by Crippen LogP contribution is -2.03. The van der Waals surface area contributed by atoms with Crippen LogP contribution in [0, 0.1) is 23.3 Å². The van der Waals surface area contributed by atoms with Gasteiger partial charge in [0.15, 0.2) is 23.3 Å². The van der Waals surface area contributed by atoms with E-state index >= 15 is 0 Å². The summed E-state index contributed by atoms with van der Waals surface area (Å²) in [5.41, 5.74) is -0.0697. The van der Waals surface area contributed by atoms with Gasteiger partial charge in [-0.25, -0.2) is 17.6 Å². The zero-order chi connectivity index (χ0) is 13.3. The fourth-order valence-electron chi connectivity index (χ4n) is 1.61. The van der Waals surface area contributed by atoms with Crippen molar-refractivity contribution in [1.82, 2.24) is 0 Å². The number of rotatable bonds is 2. The minimum absolute atomic E-state index is 0.203. The fraction of sp³-hybridized carbons (Fsp3) is 0.0769. The molecule has 2 aromatic carbocycles. The number of benzene rings is 2. The minimum Gasteiger partial charge on any atom is -0.204 e. The van der Waals surface area contributed by atoms with E-state index in [9.17, 15) is 17.6 Å². The number of hydrogen-bond donors (Lipinski definition) is 0. The Labute approximate surface area is 109 Å². The third kappa shape index (κ3) is 2.41. The SMILES string of the molecule is Fc1cc(F)c(F)c(Cc2ccccc2Br)c1F. The van der Waals surface area contributed by atoms with Crippen LogP contribution in [0.5, 0.6) is 0 Å². The van der Waals surface area contributed by atoms with Crippen molar-refractivity contribution in [3.63, 3.8) is 0 Å². The van der Waals surface area contributed by atoms with Crippen LogP contribution < -0.4 is 0 Å². The molecule has 0 atom stereocenters. The van der Waals surface area contributed by atoms with Crippen molar-refractivity contribution in [2.45, 2.75) is 6.42 Å². The first-order valence-electron chi connectivity index (χ1n) is 5.06. The van der Waals surface area contributed by atoms with E-state index in [4.69, 9.17) is 0 Å². The van der Waals surface area contributed by atoms with Gasteiger partial charge in [0.05, 0.1) is 0 Å². The monoisotopic (exact) mass is 318 g/mol. The Hall–Kier alpha value is -1.36. The van der Waals surface area contributed by atoms with Crippen molar-refractivity contribution >= 4 is 15.9 Å². The van der Waals surface area contributed by atoms with Crippen molar-refractivity contribution in [1.29, 1.82) is 0 Å². The van der Waals surface area contributed by atoms with E-state index in [0.29, 0.717) is 10.0 Å². The molecule has 0 radical (unpaired) electrons. The second-order valence-corrected chi connectivity index (χ2v) is 4.57. The molecule has 0 nitrogen and oxygen atoms in total. The van der Waals surface area contributed by atoms with Crippen LogP contribution in [-0.4, -0.2) is 0 Å². The predicted octanol–water partition coefficient (Wildman–Crippen LogP) is 4.60. The molecule has 0 N–H and O–H groups in total. The molecule has 0 spiro atoms. The molecule has 0 aliphatic carbocycles. The van der Waals surface area contributed by atoms with Crippen LogP contribution in [0.3, 0.4) is 0 Å². The molecule has 0 saturated heterocycles. The van der Waals surface area contributed by atoms with Gasteiger partial charge >= 0.3 is 0 Å². The molecule has 0 aliphatic heterocycles. The molecule has 0 amide bonds. The van der Waals surface area contributed by atoms with Gasteiger partial charge in [-0.1, -0.05) is 34.1 Å². The van der Waals surface area contributed by atoms with E-state index in [1.165, 1.54) is 0 Å². The van der Waals surface area contributed by atoms with Crippen molar-refractivity contribution < 1.29 is 17.6 Å². The average molecular weight is 319 g/mol. The third-order valence-electron chi connectivity index (χ3n) is 2.53. The number of hydrogen-bond acceptors (Lipinski definition) is 0. The number of halogens is 5. The quantitative estimate of drug-likeness (QED) is 0.561. The third-order valence-corrected chi connectivity index (χ3v) is 3.30. The Balaban J connectivity index is 2.50. The molecule has 0 aliphatic rings. The minimum atomic E-state index is -1.39. The van der Waals surface area contributed by atoms with Gasteiger partial charge in [0.2, 0.25) is 0 Å². The molecule has 18 heavy (non-hydrogen) atoms. The van der Waals surface area contributed by atoms with Gasteiger partial charge in [0, 0.05) is 22.5 Å². The lowest BCUT2D eigenvalue weighted by Gasteiger charge is -2.08. The standard InChI is InChI=1S/C13H7BrF4/c14-9-4-2-1-3-7(9)5-8-12(17)10(15)6-11(16)13(8)18/h1-4,6H,5H2. The average Bonchev–Trinajstić information content (AvgIpc) is 2.34. The lowest BCUT2D eigenvalue weighted by molar-refractivity contribution is 0.441. The Morgan fingerprint density at radius 1 is 0.889 bits per heavy atom. The van der Waals surface area contributed by atoms with E-state index in [1.54, 1.807) is 24.3 Å². The maximum Gasteiger partial charge on any atom is 0.165 e. The van der Waals surface area contributed by atoms with Gasteiger partial charge in [-0.2, -0.15) is 0 Å². The van der Waals surface area contributed by atoms with Crippen molar-refractivity contribution in [3.8, 4) is 0 Å². The first kappa shape index (κ1) is 13.1. The molecule has 2 rings (SSSR count). The first-order chi connectivity index (χ1) is 8.50. The van der Waals surface area contributed by atoms with Crippen LogP contribution in [-0.2, 0) is 6.42 Å². The summed E-state index contributed by atoms with van der Waals surface area (Å²) >= 11 is 3.21. The molecule has 0 bridgehead atoms. The van der Waals surface area contributed by atoms with Crippen molar-refractivity contribution in [2.24, 2.45) is 0 Å². The second kappa shape index (κ2) is 5.10. The van der Waals surface area contributed by atoms with Gasteiger partial charge in [0.25, 0.3) is 0 Å². The molecular formula is C13H7BrF4. The molecule has 0 heterocycles. The van der Waals surface area contributed by atoms with Crippen LogP contribution in [0.25, 0.3) is 0 Å². The maximum atomic E-state index is 13.5. The summed E-state index contributed by atoms with van der Waals surface area (Å²) in [6.07, 6.45) is -0.228. The zero-order valence-electron chi connectivity index (χ0n) is 8.98. The Kier molecular flexibility index (Phi) is 3.71. The summed E-state index contributed by atoms with van der Waals surface area (Å²) in [4.78, 5) is 0. The van der Waals surface area contributed by atoms with Gasteiger partial charge in [-0.05, 0) is 11.6 Å². The highest BCUT2D eigenvalue weighted by molar-refractivity contribution is 9.10.